The maximum Gasteiger partial charge on any atom is 0.240 e. The summed E-state index contributed by atoms with van der Waals surface area (Å²) in [7, 11) is 0.654. The van der Waals surface area contributed by atoms with Crippen LogP contribution in [0.5, 0.6) is 17.2 Å². The molecule has 0 aliphatic carbocycles. The molecule has 1 amide bonds. The number of benzene rings is 2. The number of hydrogen-bond donors (Lipinski definition) is 2. The zero-order chi connectivity index (χ0) is 20.7. The third-order valence-electron chi connectivity index (χ3n) is 3.76. The summed E-state index contributed by atoms with van der Waals surface area (Å²) in [6, 6.07) is 8.98. The van der Waals surface area contributed by atoms with E-state index in [0.717, 1.165) is 0 Å². The van der Waals surface area contributed by atoms with Gasteiger partial charge in [-0.25, -0.2) is 13.1 Å². The third kappa shape index (κ3) is 5.51. The molecule has 0 fully saturated rings. The van der Waals surface area contributed by atoms with Crippen LogP contribution in [0.25, 0.3) is 0 Å². The molecule has 2 N–H and O–H groups in total. The van der Waals surface area contributed by atoms with E-state index in [1.54, 1.807) is 12.1 Å². The van der Waals surface area contributed by atoms with Crippen molar-refractivity contribution in [3.05, 3.63) is 41.4 Å². The highest BCUT2D eigenvalue weighted by Gasteiger charge is 2.16. The summed E-state index contributed by atoms with van der Waals surface area (Å²) in [5.74, 6) is 0.877. The van der Waals surface area contributed by atoms with Crippen molar-refractivity contribution in [1.29, 1.82) is 0 Å². The zero-order valence-corrected chi connectivity index (χ0v) is 17.2. The summed E-state index contributed by atoms with van der Waals surface area (Å²) in [4.78, 5) is 12.3. The van der Waals surface area contributed by atoms with Gasteiger partial charge in [0.15, 0.2) is 0 Å². The Morgan fingerprint density at radius 3 is 2.21 bits per heavy atom. The van der Waals surface area contributed by atoms with Crippen LogP contribution in [0.4, 0.5) is 5.69 Å². The average molecular weight is 429 g/mol. The molecule has 0 aromatic heterocycles. The van der Waals surface area contributed by atoms with Gasteiger partial charge in [0, 0.05) is 25.1 Å². The van der Waals surface area contributed by atoms with Gasteiger partial charge in [-0.3, -0.25) is 4.79 Å². The van der Waals surface area contributed by atoms with E-state index in [1.807, 2.05) is 0 Å². The van der Waals surface area contributed by atoms with Crippen molar-refractivity contribution in [3.8, 4) is 17.2 Å². The first kappa shape index (κ1) is 21.8. The second kappa shape index (κ2) is 9.63. The smallest absolute Gasteiger partial charge is 0.240 e. The number of halogens is 1. The molecule has 2 aromatic rings. The van der Waals surface area contributed by atoms with Gasteiger partial charge in [0.05, 0.1) is 36.9 Å². The molecule has 0 radical (unpaired) electrons. The fourth-order valence-corrected chi connectivity index (χ4v) is 3.57. The van der Waals surface area contributed by atoms with Gasteiger partial charge in [0.2, 0.25) is 15.9 Å². The van der Waals surface area contributed by atoms with Crippen LogP contribution in [0, 0.1) is 0 Å². The molecule has 0 spiro atoms. The van der Waals surface area contributed by atoms with Crippen LogP contribution in [-0.2, 0) is 14.8 Å². The van der Waals surface area contributed by atoms with Gasteiger partial charge in [-0.2, -0.15) is 0 Å². The SMILES string of the molecule is COc1ccc(S(=O)(=O)NCCC(=O)Nc2cc(OC)c(Cl)cc2OC)cc1. The Morgan fingerprint density at radius 2 is 1.64 bits per heavy atom. The van der Waals surface area contributed by atoms with Crippen LogP contribution in [0.3, 0.4) is 0 Å². The Kier molecular flexibility index (Phi) is 7.50. The first-order valence-corrected chi connectivity index (χ1v) is 10.0. The van der Waals surface area contributed by atoms with Crippen LogP contribution >= 0.6 is 11.6 Å². The lowest BCUT2D eigenvalue weighted by Gasteiger charge is -2.13. The van der Waals surface area contributed by atoms with Crippen molar-refractivity contribution < 1.29 is 27.4 Å². The normalized spacial score (nSPS) is 11.0. The van der Waals surface area contributed by atoms with Gasteiger partial charge in [-0.1, -0.05) is 11.6 Å². The van der Waals surface area contributed by atoms with Crippen molar-refractivity contribution in [2.45, 2.75) is 11.3 Å². The summed E-state index contributed by atoms with van der Waals surface area (Å²) < 4.78 is 42.2. The first-order chi connectivity index (χ1) is 13.3. The number of nitrogens with one attached hydrogen (secondary N) is 2. The Bertz CT molecular complexity index is 932. The molecule has 0 atom stereocenters. The van der Waals surface area contributed by atoms with Gasteiger partial charge in [-0.15, -0.1) is 0 Å². The molecule has 0 aliphatic heterocycles. The monoisotopic (exact) mass is 428 g/mol. The Labute approximate surface area is 168 Å². The highest BCUT2D eigenvalue weighted by Crippen LogP contribution is 2.35. The Morgan fingerprint density at radius 1 is 1.00 bits per heavy atom. The van der Waals surface area contributed by atoms with Crippen molar-refractivity contribution >= 4 is 33.2 Å². The number of sulfonamides is 1. The molecular formula is C18H21ClN2O6S. The molecule has 0 bridgehead atoms. The molecule has 2 aromatic carbocycles. The second-order valence-corrected chi connectivity index (χ2v) is 7.73. The van der Waals surface area contributed by atoms with Crippen LogP contribution in [0.1, 0.15) is 6.42 Å². The van der Waals surface area contributed by atoms with Crippen molar-refractivity contribution in [1.82, 2.24) is 4.72 Å². The number of rotatable bonds is 9. The molecule has 0 aliphatic rings. The predicted octanol–water partition coefficient (Wildman–Crippen LogP) is 2.67. The lowest BCUT2D eigenvalue weighted by Crippen LogP contribution is -2.27. The molecule has 0 unspecified atom stereocenters. The number of carbonyl (C=O) groups excluding carboxylic acids is 1. The van der Waals surface area contributed by atoms with Gasteiger partial charge in [0.25, 0.3) is 0 Å². The number of carbonyl (C=O) groups is 1. The fraction of sp³-hybridized carbons (Fsp3) is 0.278. The minimum Gasteiger partial charge on any atom is -0.497 e. The second-order valence-electron chi connectivity index (χ2n) is 5.56. The van der Waals surface area contributed by atoms with E-state index < -0.39 is 15.9 Å². The fourth-order valence-electron chi connectivity index (χ4n) is 2.31. The molecule has 28 heavy (non-hydrogen) atoms. The van der Waals surface area contributed by atoms with E-state index in [0.29, 0.717) is 28.0 Å². The Balaban J connectivity index is 1.97. The number of anilines is 1. The number of hydrogen-bond acceptors (Lipinski definition) is 6. The lowest BCUT2D eigenvalue weighted by atomic mass is 10.2. The van der Waals surface area contributed by atoms with E-state index in [9.17, 15) is 13.2 Å². The molecule has 8 nitrogen and oxygen atoms in total. The van der Waals surface area contributed by atoms with Crippen LogP contribution in [0.2, 0.25) is 5.02 Å². The van der Waals surface area contributed by atoms with Crippen LogP contribution < -0.4 is 24.2 Å². The summed E-state index contributed by atoms with van der Waals surface area (Å²) in [5, 5.41) is 2.99. The average Bonchev–Trinajstić information content (AvgIpc) is 2.68. The standard InChI is InChI=1S/C18H21ClN2O6S/c1-25-12-4-6-13(7-5-12)28(23,24)20-9-8-18(22)21-15-11-16(26-2)14(19)10-17(15)27-3/h4-7,10-11,20H,8-9H2,1-3H3,(H,21,22). The molecule has 2 rings (SSSR count). The van der Waals surface area contributed by atoms with Gasteiger partial charge < -0.3 is 19.5 Å². The van der Waals surface area contributed by atoms with Crippen molar-refractivity contribution in [2.24, 2.45) is 0 Å². The minimum absolute atomic E-state index is 0.0762. The molecule has 0 saturated carbocycles. The van der Waals surface area contributed by atoms with Crippen LogP contribution in [0.15, 0.2) is 41.3 Å². The molecule has 0 saturated heterocycles. The highest BCUT2D eigenvalue weighted by molar-refractivity contribution is 7.89. The summed E-state index contributed by atoms with van der Waals surface area (Å²) >= 11 is 6.03. The Hall–Kier alpha value is -2.49. The van der Waals surface area contributed by atoms with Gasteiger partial charge >= 0.3 is 0 Å². The molecule has 0 heterocycles. The summed E-state index contributed by atoms with van der Waals surface area (Å²) in [6.45, 7) is -0.0762. The molecule has 10 heteroatoms. The first-order valence-electron chi connectivity index (χ1n) is 8.15. The number of methoxy groups -OCH3 is 3. The van der Waals surface area contributed by atoms with E-state index >= 15 is 0 Å². The maximum atomic E-state index is 12.3. The van der Waals surface area contributed by atoms with E-state index in [-0.39, 0.29) is 17.9 Å². The minimum atomic E-state index is -3.73. The van der Waals surface area contributed by atoms with Crippen molar-refractivity contribution in [3.63, 3.8) is 0 Å². The summed E-state index contributed by atoms with van der Waals surface area (Å²) in [5.41, 5.74) is 0.367. The maximum absolute atomic E-state index is 12.3. The highest BCUT2D eigenvalue weighted by atomic mass is 35.5. The van der Waals surface area contributed by atoms with E-state index in [4.69, 9.17) is 25.8 Å². The largest absolute Gasteiger partial charge is 0.497 e. The number of amides is 1. The van der Waals surface area contributed by atoms with Gasteiger partial charge in [0.1, 0.15) is 17.2 Å². The topological polar surface area (TPSA) is 103 Å². The zero-order valence-electron chi connectivity index (χ0n) is 15.6. The molecular weight excluding hydrogens is 408 g/mol. The predicted molar refractivity (Wildman–Crippen MR) is 106 cm³/mol. The summed E-state index contributed by atoms with van der Waals surface area (Å²) in [6.07, 6.45) is -0.0799. The van der Waals surface area contributed by atoms with E-state index in [1.165, 1.54) is 45.6 Å². The van der Waals surface area contributed by atoms with Gasteiger partial charge in [-0.05, 0) is 24.3 Å². The lowest BCUT2D eigenvalue weighted by molar-refractivity contribution is -0.116. The number of ether oxygens (including phenoxy) is 3. The van der Waals surface area contributed by atoms with E-state index in [2.05, 4.69) is 10.0 Å². The van der Waals surface area contributed by atoms with Crippen molar-refractivity contribution in [2.75, 3.05) is 33.2 Å². The third-order valence-corrected chi connectivity index (χ3v) is 5.53. The quantitative estimate of drug-likeness (QED) is 0.636. The van der Waals surface area contributed by atoms with Crippen LogP contribution in [-0.4, -0.2) is 42.2 Å². The molecule has 152 valence electrons.